The molecule has 0 spiro atoms. The first-order valence-electron chi connectivity index (χ1n) is 11.2. The molecule has 1 aromatic carbocycles. The summed E-state index contributed by atoms with van der Waals surface area (Å²) in [5.41, 5.74) is 1.19. The van der Waals surface area contributed by atoms with Crippen LogP contribution in [0.25, 0.3) is 12.2 Å². The molecule has 0 saturated carbocycles. The van der Waals surface area contributed by atoms with Crippen LogP contribution in [0, 0.1) is 0 Å². The summed E-state index contributed by atoms with van der Waals surface area (Å²) in [6.45, 7) is 0.398. The highest BCUT2D eigenvalue weighted by Gasteiger charge is 2.22. The van der Waals surface area contributed by atoms with Crippen molar-refractivity contribution in [3.63, 3.8) is 0 Å². The Morgan fingerprint density at radius 3 is 2.17 bits per heavy atom. The number of nitrogens with one attached hydrogen (secondary N) is 2. The number of nitrogens with zero attached hydrogens (tertiary/aromatic N) is 1. The quantitative estimate of drug-likeness (QED) is 0.171. The minimum atomic E-state index is -1.17. The Balaban J connectivity index is 1.77. The van der Waals surface area contributed by atoms with Gasteiger partial charge < -0.3 is 20.8 Å². The molecule has 0 fully saturated rings. The van der Waals surface area contributed by atoms with Crippen LogP contribution in [0.15, 0.2) is 42.5 Å². The molecule has 0 radical (unpaired) electrons. The zero-order valence-electron chi connectivity index (χ0n) is 19.4. The highest BCUT2D eigenvalue weighted by molar-refractivity contribution is 6.12. The van der Waals surface area contributed by atoms with Crippen molar-refractivity contribution < 1.29 is 39.0 Å². The van der Waals surface area contributed by atoms with E-state index in [1.807, 2.05) is 0 Å². The van der Waals surface area contributed by atoms with E-state index in [-0.39, 0.29) is 37.1 Å². The number of hydrogen-bond donors (Lipinski definition) is 4. The summed E-state index contributed by atoms with van der Waals surface area (Å²) in [7, 11) is 0. The second-order valence-corrected chi connectivity index (χ2v) is 7.81. The van der Waals surface area contributed by atoms with E-state index in [0.717, 1.165) is 17.1 Å². The lowest BCUT2D eigenvalue weighted by Crippen LogP contribution is -2.31. The molecule has 2 rings (SSSR count). The largest absolute Gasteiger partial charge is 0.478 e. The fourth-order valence-electron chi connectivity index (χ4n) is 3.26. The molecule has 36 heavy (non-hydrogen) atoms. The molecule has 0 aliphatic carbocycles. The number of carboxylic acid groups (broad SMARTS) is 2. The normalized spacial score (nSPS) is 13.1. The lowest BCUT2D eigenvalue weighted by molar-refractivity contribution is -0.137. The molecule has 4 N–H and O–H groups in total. The molecule has 0 unspecified atom stereocenters. The van der Waals surface area contributed by atoms with E-state index in [0.29, 0.717) is 42.6 Å². The molecule has 11 heteroatoms. The third-order valence-electron chi connectivity index (χ3n) is 5.04. The van der Waals surface area contributed by atoms with Crippen LogP contribution in [0.3, 0.4) is 0 Å². The van der Waals surface area contributed by atoms with Gasteiger partial charge in [-0.25, -0.2) is 9.59 Å². The van der Waals surface area contributed by atoms with E-state index in [9.17, 15) is 28.8 Å². The Bertz CT molecular complexity index is 1100. The fraction of sp³-hybridized carbons (Fsp3) is 0.280. The zero-order valence-corrected chi connectivity index (χ0v) is 19.4. The van der Waals surface area contributed by atoms with Crippen LogP contribution >= 0.6 is 0 Å². The molecule has 1 aliphatic rings. The second-order valence-electron chi connectivity index (χ2n) is 7.81. The Hall–Kier alpha value is -4.54. The van der Waals surface area contributed by atoms with Crippen LogP contribution in [0.5, 0.6) is 0 Å². The SMILES string of the molecule is O=C(O)C=Cc1ccc(C=CC(=O)O)c(NC(=O)CCNC(=O)CCCCCN2C(=O)C=CC2=O)c1. The van der Waals surface area contributed by atoms with Gasteiger partial charge in [-0.3, -0.25) is 24.1 Å². The van der Waals surface area contributed by atoms with E-state index in [1.54, 1.807) is 12.1 Å². The van der Waals surface area contributed by atoms with E-state index < -0.39 is 17.8 Å². The van der Waals surface area contributed by atoms with Crippen LogP contribution in [0.1, 0.15) is 43.2 Å². The maximum Gasteiger partial charge on any atom is 0.328 e. The standard InChI is InChI=1S/C25H27N3O8/c29-20(4-2-1-3-15-28-22(31)9-10-23(28)32)26-14-13-21(30)27-19-16-17(6-11-24(33)34)5-7-18(19)8-12-25(35)36/h5-12,16H,1-4,13-15H2,(H,26,29)(H,27,30)(H,33,34)(H,35,36). The number of hydrogen-bond acceptors (Lipinski definition) is 6. The molecule has 0 atom stereocenters. The molecule has 0 saturated heterocycles. The molecule has 1 aromatic rings. The molecular weight excluding hydrogens is 470 g/mol. The minimum Gasteiger partial charge on any atom is -0.478 e. The molecule has 11 nitrogen and oxygen atoms in total. The lowest BCUT2D eigenvalue weighted by atomic mass is 10.1. The number of carbonyl (C=O) groups is 6. The maximum absolute atomic E-state index is 12.4. The Morgan fingerprint density at radius 1 is 0.833 bits per heavy atom. The predicted molar refractivity (Wildman–Crippen MR) is 130 cm³/mol. The molecular formula is C25H27N3O8. The van der Waals surface area contributed by atoms with Crippen molar-refractivity contribution in [2.24, 2.45) is 0 Å². The van der Waals surface area contributed by atoms with Crippen LogP contribution in [-0.4, -0.2) is 63.8 Å². The number of imide groups is 1. The minimum absolute atomic E-state index is 0.0325. The highest BCUT2D eigenvalue weighted by atomic mass is 16.4. The van der Waals surface area contributed by atoms with Gasteiger partial charge in [-0.15, -0.1) is 0 Å². The number of unbranched alkanes of at least 4 members (excludes halogenated alkanes) is 2. The van der Waals surface area contributed by atoms with Gasteiger partial charge in [0, 0.05) is 55.9 Å². The highest BCUT2D eigenvalue weighted by Crippen LogP contribution is 2.21. The average molecular weight is 498 g/mol. The number of amides is 4. The molecule has 1 aliphatic heterocycles. The molecule has 1 heterocycles. The van der Waals surface area contributed by atoms with E-state index >= 15 is 0 Å². The summed E-state index contributed by atoms with van der Waals surface area (Å²) >= 11 is 0. The van der Waals surface area contributed by atoms with Gasteiger partial charge in [-0.05, 0) is 42.2 Å². The van der Waals surface area contributed by atoms with Crippen LogP contribution in [0.4, 0.5) is 5.69 Å². The zero-order chi connectivity index (χ0) is 26.5. The predicted octanol–water partition coefficient (Wildman–Crippen LogP) is 1.81. The lowest BCUT2D eigenvalue weighted by Gasteiger charge is -2.13. The number of aliphatic carboxylic acids is 2. The monoisotopic (exact) mass is 497 g/mol. The summed E-state index contributed by atoms with van der Waals surface area (Å²) in [6.07, 6.45) is 8.97. The van der Waals surface area contributed by atoms with Crippen LogP contribution in [-0.2, 0) is 28.8 Å². The van der Waals surface area contributed by atoms with Crippen molar-refractivity contribution in [3.8, 4) is 0 Å². The second kappa shape index (κ2) is 14.0. The van der Waals surface area contributed by atoms with Crippen LogP contribution < -0.4 is 10.6 Å². The molecule has 0 bridgehead atoms. The van der Waals surface area contributed by atoms with Gasteiger partial charge in [-0.1, -0.05) is 18.6 Å². The van der Waals surface area contributed by atoms with E-state index in [2.05, 4.69) is 10.6 Å². The Kier molecular flexibility index (Phi) is 10.8. The average Bonchev–Trinajstić information content (AvgIpc) is 3.13. The summed E-state index contributed by atoms with van der Waals surface area (Å²) < 4.78 is 0. The summed E-state index contributed by atoms with van der Waals surface area (Å²) in [5.74, 6) is -3.62. The van der Waals surface area contributed by atoms with Crippen molar-refractivity contribution in [2.45, 2.75) is 32.1 Å². The van der Waals surface area contributed by atoms with E-state index in [1.165, 1.54) is 30.4 Å². The van der Waals surface area contributed by atoms with Gasteiger partial charge in [0.1, 0.15) is 0 Å². The number of carboxylic acids is 2. The number of anilines is 1. The van der Waals surface area contributed by atoms with Gasteiger partial charge in [0.15, 0.2) is 0 Å². The third kappa shape index (κ3) is 9.75. The van der Waals surface area contributed by atoms with Crippen molar-refractivity contribution in [1.82, 2.24) is 10.2 Å². The van der Waals surface area contributed by atoms with Crippen molar-refractivity contribution in [3.05, 3.63) is 53.6 Å². The number of rotatable bonds is 14. The molecule has 4 amide bonds. The first-order valence-corrected chi connectivity index (χ1v) is 11.2. The maximum atomic E-state index is 12.4. The summed E-state index contributed by atoms with van der Waals surface area (Å²) in [4.78, 5) is 70.0. The van der Waals surface area contributed by atoms with E-state index in [4.69, 9.17) is 10.2 Å². The van der Waals surface area contributed by atoms with Gasteiger partial charge in [-0.2, -0.15) is 0 Å². The van der Waals surface area contributed by atoms with Gasteiger partial charge in [0.2, 0.25) is 11.8 Å². The Labute approximate surface area is 207 Å². The number of benzene rings is 1. The first kappa shape index (κ1) is 27.7. The van der Waals surface area contributed by atoms with Gasteiger partial charge in [0.25, 0.3) is 11.8 Å². The summed E-state index contributed by atoms with van der Waals surface area (Å²) in [6, 6.07) is 4.63. The molecule has 190 valence electrons. The van der Waals surface area contributed by atoms with Crippen molar-refractivity contribution in [1.29, 1.82) is 0 Å². The Morgan fingerprint density at radius 2 is 1.50 bits per heavy atom. The molecule has 0 aromatic heterocycles. The van der Waals surface area contributed by atoms with Crippen LogP contribution in [0.2, 0.25) is 0 Å². The fourth-order valence-corrected chi connectivity index (χ4v) is 3.26. The number of carbonyl (C=O) groups excluding carboxylic acids is 4. The van der Waals surface area contributed by atoms with Gasteiger partial charge in [0.05, 0.1) is 0 Å². The first-order chi connectivity index (χ1) is 17.2. The summed E-state index contributed by atoms with van der Waals surface area (Å²) in [5, 5.41) is 22.9. The van der Waals surface area contributed by atoms with Crippen molar-refractivity contribution >= 4 is 53.4 Å². The van der Waals surface area contributed by atoms with Crippen molar-refractivity contribution in [2.75, 3.05) is 18.4 Å². The topological polar surface area (TPSA) is 170 Å². The van der Waals surface area contributed by atoms with Gasteiger partial charge >= 0.3 is 11.9 Å². The third-order valence-corrected chi connectivity index (χ3v) is 5.04. The smallest absolute Gasteiger partial charge is 0.328 e.